The van der Waals surface area contributed by atoms with Gasteiger partial charge in [0.15, 0.2) is 0 Å². The highest BCUT2D eigenvalue weighted by Gasteiger charge is 2.36. The fourth-order valence-corrected chi connectivity index (χ4v) is 4.93. The molecule has 2 aliphatic carbocycles. The van der Waals surface area contributed by atoms with Crippen LogP contribution in [0.1, 0.15) is 105 Å². The molecule has 26 heavy (non-hydrogen) atoms. The van der Waals surface area contributed by atoms with Crippen LogP contribution < -0.4 is 0 Å². The fraction of sp³-hybridized carbons (Fsp3) is 0.875. The Kier molecular flexibility index (Phi) is 8.70. The van der Waals surface area contributed by atoms with Crippen molar-refractivity contribution in [3.63, 3.8) is 0 Å². The summed E-state index contributed by atoms with van der Waals surface area (Å²) in [5.74, 6) is 3.14. The van der Waals surface area contributed by atoms with Crippen LogP contribution in [0.5, 0.6) is 0 Å². The summed E-state index contributed by atoms with van der Waals surface area (Å²) in [6.45, 7) is 9.20. The van der Waals surface area contributed by atoms with Crippen LogP contribution in [0.25, 0.3) is 0 Å². The number of hydrogen-bond donors (Lipinski definition) is 1. The Morgan fingerprint density at radius 2 is 1.73 bits per heavy atom. The fourth-order valence-electron chi connectivity index (χ4n) is 4.93. The standard InChI is InChI=1S/C24H42O2/c1-17(2)11-14-23-21(9-6-10-22(23)20-12-13-20)15-18(3)7-5-8-19(4)16-24(25)26/h17-20,22H,5-16H2,1-4H3,(H,25,26). The molecule has 2 aliphatic rings. The maximum Gasteiger partial charge on any atom is 0.303 e. The maximum absolute atomic E-state index is 10.8. The molecule has 0 amide bonds. The highest BCUT2D eigenvalue weighted by molar-refractivity contribution is 5.66. The van der Waals surface area contributed by atoms with E-state index in [0.717, 1.165) is 30.1 Å². The van der Waals surface area contributed by atoms with Crippen LogP contribution >= 0.6 is 0 Å². The summed E-state index contributed by atoms with van der Waals surface area (Å²) >= 11 is 0. The van der Waals surface area contributed by atoms with Gasteiger partial charge in [0.1, 0.15) is 0 Å². The zero-order valence-electron chi connectivity index (χ0n) is 17.7. The SMILES string of the molecule is CC(C)CCC1=C(CC(C)CCCC(C)CC(=O)O)CCCC1C1CC1. The van der Waals surface area contributed by atoms with E-state index in [-0.39, 0.29) is 0 Å². The molecule has 3 unspecified atom stereocenters. The zero-order valence-corrected chi connectivity index (χ0v) is 17.7. The molecule has 0 aromatic rings. The predicted molar refractivity (Wildman–Crippen MR) is 110 cm³/mol. The summed E-state index contributed by atoms with van der Waals surface area (Å²) in [6.07, 6.45) is 14.9. The highest BCUT2D eigenvalue weighted by atomic mass is 16.4. The van der Waals surface area contributed by atoms with Crippen LogP contribution in [0.3, 0.4) is 0 Å². The van der Waals surface area contributed by atoms with Crippen molar-refractivity contribution >= 4 is 5.97 Å². The summed E-state index contributed by atoms with van der Waals surface area (Å²) in [4.78, 5) is 10.8. The summed E-state index contributed by atoms with van der Waals surface area (Å²) in [7, 11) is 0. The molecule has 3 atom stereocenters. The number of rotatable bonds is 12. The number of aliphatic carboxylic acids is 1. The van der Waals surface area contributed by atoms with Gasteiger partial charge in [-0.05, 0) is 81.0 Å². The molecule has 2 rings (SSSR count). The Balaban J connectivity index is 1.87. The van der Waals surface area contributed by atoms with Crippen LogP contribution in [0.4, 0.5) is 0 Å². The van der Waals surface area contributed by atoms with Gasteiger partial charge < -0.3 is 5.11 Å². The van der Waals surface area contributed by atoms with Crippen molar-refractivity contribution in [2.24, 2.45) is 29.6 Å². The van der Waals surface area contributed by atoms with Crippen molar-refractivity contribution in [2.45, 2.75) is 105 Å². The van der Waals surface area contributed by atoms with Gasteiger partial charge in [-0.3, -0.25) is 4.79 Å². The minimum atomic E-state index is -0.654. The monoisotopic (exact) mass is 362 g/mol. The maximum atomic E-state index is 10.8. The van der Waals surface area contributed by atoms with Crippen molar-refractivity contribution < 1.29 is 9.90 Å². The van der Waals surface area contributed by atoms with E-state index in [1.807, 2.05) is 11.1 Å². The van der Waals surface area contributed by atoms with Crippen molar-refractivity contribution in [1.82, 2.24) is 0 Å². The first-order valence-corrected chi connectivity index (χ1v) is 11.3. The van der Waals surface area contributed by atoms with E-state index >= 15 is 0 Å². The second-order valence-corrected chi connectivity index (χ2v) is 9.84. The summed E-state index contributed by atoms with van der Waals surface area (Å²) < 4.78 is 0. The molecule has 0 aromatic heterocycles. The molecule has 0 saturated heterocycles. The molecule has 0 bridgehead atoms. The lowest BCUT2D eigenvalue weighted by atomic mass is 9.75. The Morgan fingerprint density at radius 1 is 1.04 bits per heavy atom. The smallest absolute Gasteiger partial charge is 0.303 e. The predicted octanol–water partition coefficient (Wildman–Crippen LogP) is 7.24. The van der Waals surface area contributed by atoms with Gasteiger partial charge in [-0.25, -0.2) is 0 Å². The Bertz CT molecular complexity index is 473. The van der Waals surface area contributed by atoms with Crippen molar-refractivity contribution in [1.29, 1.82) is 0 Å². The van der Waals surface area contributed by atoms with Gasteiger partial charge in [-0.1, -0.05) is 58.1 Å². The van der Waals surface area contributed by atoms with Crippen LogP contribution in [-0.4, -0.2) is 11.1 Å². The lowest BCUT2D eigenvalue weighted by Crippen LogP contribution is -2.16. The van der Waals surface area contributed by atoms with Crippen LogP contribution in [0.2, 0.25) is 0 Å². The average Bonchev–Trinajstić information content (AvgIpc) is 3.37. The summed E-state index contributed by atoms with van der Waals surface area (Å²) in [6, 6.07) is 0. The quantitative estimate of drug-likeness (QED) is 0.372. The summed E-state index contributed by atoms with van der Waals surface area (Å²) in [5, 5.41) is 8.90. The van der Waals surface area contributed by atoms with Crippen molar-refractivity contribution in [3.05, 3.63) is 11.1 Å². The Hall–Kier alpha value is -0.790. The van der Waals surface area contributed by atoms with Gasteiger partial charge in [0.2, 0.25) is 0 Å². The number of carboxylic acids is 1. The molecule has 0 spiro atoms. The van der Waals surface area contributed by atoms with E-state index in [1.54, 1.807) is 0 Å². The lowest BCUT2D eigenvalue weighted by molar-refractivity contribution is -0.138. The van der Waals surface area contributed by atoms with Gasteiger partial charge in [0, 0.05) is 6.42 Å². The first-order valence-electron chi connectivity index (χ1n) is 11.3. The molecular formula is C24H42O2. The van der Waals surface area contributed by atoms with Gasteiger partial charge in [0.05, 0.1) is 0 Å². The van der Waals surface area contributed by atoms with E-state index in [2.05, 4.69) is 27.7 Å². The molecule has 2 heteroatoms. The minimum absolute atomic E-state index is 0.314. The van der Waals surface area contributed by atoms with Crippen molar-refractivity contribution in [2.75, 3.05) is 0 Å². The molecule has 1 N–H and O–H groups in total. The molecule has 0 aromatic carbocycles. The third-order valence-corrected chi connectivity index (χ3v) is 6.59. The van der Waals surface area contributed by atoms with E-state index in [4.69, 9.17) is 5.11 Å². The molecule has 0 aliphatic heterocycles. The normalized spacial score (nSPS) is 23.3. The second kappa shape index (κ2) is 10.5. The van der Waals surface area contributed by atoms with E-state index in [0.29, 0.717) is 12.3 Å². The van der Waals surface area contributed by atoms with E-state index < -0.39 is 5.97 Å². The highest BCUT2D eigenvalue weighted by Crippen LogP contribution is 2.49. The number of allylic oxidation sites excluding steroid dienone is 2. The first kappa shape index (κ1) is 21.5. The van der Waals surface area contributed by atoms with Crippen LogP contribution in [0.15, 0.2) is 11.1 Å². The molecule has 2 nitrogen and oxygen atoms in total. The molecule has 1 saturated carbocycles. The molecule has 0 radical (unpaired) electrons. The summed E-state index contributed by atoms with van der Waals surface area (Å²) in [5.41, 5.74) is 3.69. The van der Waals surface area contributed by atoms with Crippen molar-refractivity contribution in [3.8, 4) is 0 Å². The van der Waals surface area contributed by atoms with Gasteiger partial charge in [-0.15, -0.1) is 0 Å². The van der Waals surface area contributed by atoms with E-state index in [1.165, 1.54) is 64.2 Å². The van der Waals surface area contributed by atoms with E-state index in [9.17, 15) is 4.79 Å². The molecule has 1 fully saturated rings. The Morgan fingerprint density at radius 3 is 2.35 bits per heavy atom. The Labute approximate surface area is 161 Å². The van der Waals surface area contributed by atoms with Gasteiger partial charge >= 0.3 is 5.97 Å². The number of carboxylic acid groups (broad SMARTS) is 1. The van der Waals surface area contributed by atoms with Crippen LogP contribution in [-0.2, 0) is 4.79 Å². The topological polar surface area (TPSA) is 37.3 Å². The third-order valence-electron chi connectivity index (χ3n) is 6.59. The number of hydrogen-bond acceptors (Lipinski definition) is 1. The molecular weight excluding hydrogens is 320 g/mol. The number of carbonyl (C=O) groups is 1. The van der Waals surface area contributed by atoms with Crippen LogP contribution in [0, 0.1) is 29.6 Å². The first-order chi connectivity index (χ1) is 12.4. The third kappa shape index (κ3) is 7.45. The molecule has 0 heterocycles. The zero-order chi connectivity index (χ0) is 19.1. The van der Waals surface area contributed by atoms with Gasteiger partial charge in [-0.2, -0.15) is 0 Å². The average molecular weight is 363 g/mol. The minimum Gasteiger partial charge on any atom is -0.481 e. The largest absolute Gasteiger partial charge is 0.481 e. The lowest BCUT2D eigenvalue weighted by Gasteiger charge is -2.31. The van der Waals surface area contributed by atoms with Gasteiger partial charge in [0.25, 0.3) is 0 Å². The second-order valence-electron chi connectivity index (χ2n) is 9.84. The molecule has 150 valence electrons.